The zero-order valence-corrected chi connectivity index (χ0v) is 69.9. The number of halogens is 1. The molecule has 0 spiro atoms. The first-order valence-corrected chi connectivity index (χ1v) is 42.6. The number of aromatic nitrogens is 12. The minimum absolute atomic E-state index is 0.0288. The van der Waals surface area contributed by atoms with Crippen LogP contribution in [-0.4, -0.2) is 114 Å². The van der Waals surface area contributed by atoms with Crippen molar-refractivity contribution in [1.82, 2.24) is 57.5 Å². The van der Waals surface area contributed by atoms with E-state index in [2.05, 4.69) is 12.1 Å². The molecule has 23 nitrogen and oxygen atoms in total. The largest absolute Gasteiger partial charge is 0.508 e. The van der Waals surface area contributed by atoms with Crippen LogP contribution >= 0.6 is 0 Å². The van der Waals surface area contributed by atoms with Crippen molar-refractivity contribution in [3.63, 3.8) is 0 Å². The van der Waals surface area contributed by atoms with Crippen molar-refractivity contribution in [2.45, 2.75) is 89.9 Å². The van der Waals surface area contributed by atoms with E-state index in [-0.39, 0.29) is 69.6 Å². The summed E-state index contributed by atoms with van der Waals surface area (Å²) in [6.45, 7) is 0. The van der Waals surface area contributed by atoms with E-state index in [4.69, 9.17) is 39.9 Å². The first kappa shape index (κ1) is 83.5. The highest BCUT2D eigenvalue weighted by atomic mass is 19.1. The number of aromatic hydroxyl groups is 11. The quantitative estimate of drug-likeness (QED) is 0.0358. The molecule has 0 aliphatic heterocycles. The second-order valence-corrected chi connectivity index (χ2v) is 32.5. The Morgan fingerprint density at radius 3 is 0.961 bits per heavy atom. The maximum Gasteiger partial charge on any atom is 0.219 e. The minimum atomic E-state index is -0.305. The summed E-state index contributed by atoms with van der Waals surface area (Å²) in [6, 6.07) is 82.8. The number of fused-ring (bicyclic) bond motifs is 8. The molecule has 2 aliphatic carbocycles. The highest BCUT2D eigenvalue weighted by Gasteiger charge is 2.29. The SMILES string of the molecule is Oc1ccc(-c2cn3c(O)c(Cc4ccc(F)cc4)nc3c(Cc3ccccc3)n2)cc1.Oc1ccc(Cc2nc3c(CC4CCCC4)nc(-c4ccc(O)cc4)cn3c2O)cc1.Oc1ccc(Cc2nc3c(Cc4ccccc4)nc(-c4ccc(O)cc4)cn3c2O)cc1.Oc1ccc(Cc2nc3c(Cc4ccccc4)nc4c(n3c2O)CCc2cc(O)ccc2-4)cc1. The molecule has 1 fully saturated rings. The fourth-order valence-corrected chi connectivity index (χ4v) is 16.8. The van der Waals surface area contributed by atoms with Crippen molar-refractivity contribution in [3.05, 3.63) is 399 Å². The lowest BCUT2D eigenvalue weighted by atomic mass is 9.91. The Morgan fingerprint density at radius 1 is 0.279 bits per heavy atom. The number of hydrogen-bond donors (Lipinski definition) is 11. The minimum Gasteiger partial charge on any atom is -0.508 e. The van der Waals surface area contributed by atoms with E-state index in [9.17, 15) is 60.6 Å². The van der Waals surface area contributed by atoms with Crippen molar-refractivity contribution in [2.24, 2.45) is 5.92 Å². The number of imidazole rings is 4. The first-order valence-electron chi connectivity index (χ1n) is 42.6. The van der Waals surface area contributed by atoms with Crippen molar-refractivity contribution in [3.8, 4) is 109 Å². The summed E-state index contributed by atoms with van der Waals surface area (Å²) >= 11 is 0. The summed E-state index contributed by atoms with van der Waals surface area (Å²) in [5.74, 6) is 2.02. The molecule has 0 radical (unpaired) electrons. The van der Waals surface area contributed by atoms with Gasteiger partial charge in [-0.25, -0.2) is 44.3 Å². The molecule has 0 bridgehead atoms. The second-order valence-electron chi connectivity index (χ2n) is 32.5. The lowest BCUT2D eigenvalue weighted by Gasteiger charge is -2.22. The van der Waals surface area contributed by atoms with Crippen LogP contribution in [0.15, 0.2) is 298 Å². The zero-order chi connectivity index (χ0) is 88.8. The normalized spacial score (nSPS) is 12.3. The Hall–Kier alpha value is -16.4. The highest BCUT2D eigenvalue weighted by molar-refractivity contribution is 5.74. The lowest BCUT2D eigenvalue weighted by molar-refractivity contribution is 0.439. The number of rotatable bonds is 19. The molecule has 24 heteroatoms. The predicted molar refractivity (Wildman–Crippen MR) is 490 cm³/mol. The van der Waals surface area contributed by atoms with Crippen LogP contribution in [0, 0.1) is 11.7 Å². The molecule has 0 unspecified atom stereocenters. The van der Waals surface area contributed by atoms with E-state index in [1.807, 2.05) is 144 Å². The fraction of sp³-hybridized carbons (Fsp3) is 0.143. The Labute approximate surface area is 740 Å². The molecule has 11 N–H and O–H groups in total. The summed E-state index contributed by atoms with van der Waals surface area (Å²) in [7, 11) is 0. The van der Waals surface area contributed by atoms with Crippen LogP contribution < -0.4 is 0 Å². The van der Waals surface area contributed by atoms with Gasteiger partial charge < -0.3 is 56.2 Å². The van der Waals surface area contributed by atoms with Gasteiger partial charge in [0.15, 0.2) is 22.6 Å². The fourth-order valence-electron chi connectivity index (χ4n) is 16.8. The van der Waals surface area contributed by atoms with Gasteiger partial charge in [0.2, 0.25) is 23.5 Å². The van der Waals surface area contributed by atoms with Gasteiger partial charge in [0, 0.05) is 85.8 Å². The third kappa shape index (κ3) is 18.9. The summed E-state index contributed by atoms with van der Waals surface area (Å²) in [5.41, 5.74) is 23.2. The van der Waals surface area contributed by atoms with Crippen LogP contribution in [0.4, 0.5) is 4.39 Å². The first-order chi connectivity index (χ1) is 62.8. The smallest absolute Gasteiger partial charge is 0.219 e. The van der Waals surface area contributed by atoms with E-state index in [1.165, 1.54) is 37.8 Å². The van der Waals surface area contributed by atoms with Gasteiger partial charge in [0.1, 0.15) is 68.8 Å². The Morgan fingerprint density at radius 2 is 0.581 bits per heavy atom. The molecule has 0 saturated heterocycles. The Kier molecular flexibility index (Phi) is 23.8. The average Bonchev–Trinajstić information content (AvgIpc) is 1.62. The van der Waals surface area contributed by atoms with E-state index in [0.29, 0.717) is 114 Å². The Balaban J connectivity index is 0.000000116. The summed E-state index contributed by atoms with van der Waals surface area (Å²) < 4.78 is 20.2. The van der Waals surface area contributed by atoms with Crippen molar-refractivity contribution in [2.75, 3.05) is 0 Å². The maximum atomic E-state index is 13.3. The average molecular weight is 1710 g/mol. The molecule has 11 aromatic carbocycles. The number of phenols is 7. The number of nitrogens with zero attached hydrogens (tertiary/aromatic N) is 12. The molecule has 8 aromatic heterocycles. The van der Waals surface area contributed by atoms with Gasteiger partial charge in [-0.15, -0.1) is 0 Å². The molecule has 19 aromatic rings. The second kappa shape index (κ2) is 36.8. The molecule has 1 saturated carbocycles. The molecule has 21 rings (SSSR count). The number of aryl methyl sites for hydroxylation is 2. The topological polar surface area (TPSA) is 343 Å². The molecule has 642 valence electrons. The van der Waals surface area contributed by atoms with Gasteiger partial charge in [-0.05, 0) is 209 Å². The molecule has 8 heterocycles. The molecule has 129 heavy (non-hydrogen) atoms. The van der Waals surface area contributed by atoms with Gasteiger partial charge in [-0.1, -0.05) is 165 Å². The summed E-state index contributed by atoms with van der Waals surface area (Å²) in [5, 5.41) is 112. The molecular formula is C105H89FN12O11. The monoisotopic (exact) mass is 1710 g/mol. The Bertz CT molecular complexity index is 7000. The number of benzene rings is 11. The third-order valence-electron chi connectivity index (χ3n) is 23.4. The van der Waals surface area contributed by atoms with E-state index < -0.39 is 0 Å². The van der Waals surface area contributed by atoms with Crippen LogP contribution in [0.3, 0.4) is 0 Å². The van der Waals surface area contributed by atoms with Crippen molar-refractivity contribution >= 4 is 22.6 Å². The molecule has 0 atom stereocenters. The van der Waals surface area contributed by atoms with Crippen molar-refractivity contribution < 1.29 is 60.6 Å². The van der Waals surface area contributed by atoms with E-state index >= 15 is 0 Å². The molecule has 0 amide bonds. The van der Waals surface area contributed by atoms with Crippen LogP contribution in [0.5, 0.6) is 63.8 Å². The van der Waals surface area contributed by atoms with Crippen LogP contribution in [0.1, 0.15) is 121 Å². The molecule has 2 aliphatic rings. The summed E-state index contributed by atoms with van der Waals surface area (Å²) in [4.78, 5) is 38.7. The third-order valence-corrected chi connectivity index (χ3v) is 23.4. The number of phenolic OH excluding ortho intramolecular Hbond substituents is 7. The highest BCUT2D eigenvalue weighted by Crippen LogP contribution is 2.41. The van der Waals surface area contributed by atoms with Gasteiger partial charge in [0.05, 0.1) is 51.2 Å². The molecular weight excluding hydrogens is 1620 g/mol. The van der Waals surface area contributed by atoms with Gasteiger partial charge in [0.25, 0.3) is 0 Å². The van der Waals surface area contributed by atoms with Crippen LogP contribution in [-0.2, 0) is 64.2 Å². The standard InChI is InChI=1S/C28H23N3O3.C26H20FN3O2.C26H21N3O3.C25H25N3O3/c32-20-9-6-18(7-10-20)15-24-28(34)31-25-13-8-19-16-21(33)11-12-22(19)26(25)29-23(27(31)30-24)14-17-4-2-1-3-5-17;27-20-10-6-18(7-11-20)15-23-26(32)30-16-24(19-8-12-21(31)13-9-19)28-22(25(30)29-23)14-17-4-2-1-3-5-17;30-20-10-6-18(7-11-20)15-23-26(32)29-16-24(19-8-12-21(31)13-9-19)27-22(25(29)28-23)14-17-4-2-1-3-5-17;29-19-9-5-17(6-10-19)14-22-25(31)28-15-23(18-7-11-20(30)12-8-18)26-21(24(28)27-22)13-16-3-1-2-4-16/h1-7,9-12,16,32-34H,8,13-15H2;1-13,16,31-32H,14-15H2;1-13,16,30-32H,14-15H2;5-12,15-16,29-31H,1-4,13-14H2. The summed E-state index contributed by atoms with van der Waals surface area (Å²) in [6.07, 6.45) is 15.9. The lowest BCUT2D eigenvalue weighted by Crippen LogP contribution is -2.13. The zero-order valence-electron chi connectivity index (χ0n) is 69.9. The number of hydrogen-bond acceptors (Lipinski definition) is 19. The van der Waals surface area contributed by atoms with E-state index in [0.717, 1.165) is 119 Å². The maximum absolute atomic E-state index is 13.3. The van der Waals surface area contributed by atoms with Crippen molar-refractivity contribution in [1.29, 1.82) is 0 Å². The van der Waals surface area contributed by atoms with Gasteiger partial charge in [-0.2, -0.15) is 0 Å². The van der Waals surface area contributed by atoms with Gasteiger partial charge in [-0.3, -0.25) is 17.6 Å². The van der Waals surface area contributed by atoms with E-state index in [1.54, 1.807) is 147 Å². The van der Waals surface area contributed by atoms with Gasteiger partial charge >= 0.3 is 0 Å². The van der Waals surface area contributed by atoms with Crippen LogP contribution in [0.2, 0.25) is 0 Å². The van der Waals surface area contributed by atoms with Crippen LogP contribution in [0.25, 0.3) is 67.6 Å². The predicted octanol–water partition coefficient (Wildman–Crippen LogP) is 19.5.